The predicted octanol–water partition coefficient (Wildman–Crippen LogP) is 0.468. The Morgan fingerprint density at radius 1 is 1.28 bits per heavy atom. The van der Waals surface area contributed by atoms with E-state index in [2.05, 4.69) is 20.1 Å². The molecule has 5 N–H and O–H groups in total. The number of benzene rings is 1. The van der Waals surface area contributed by atoms with Crippen LogP contribution in [0.1, 0.15) is 27.3 Å². The Balaban J connectivity index is 0.000000380. The summed E-state index contributed by atoms with van der Waals surface area (Å²) in [6.07, 6.45) is -0.515. The number of aryl methyl sites for hydroxylation is 1. The van der Waals surface area contributed by atoms with Gasteiger partial charge in [0.25, 0.3) is 5.91 Å². The minimum Gasteiger partial charge on any atom is -0.494 e. The van der Waals surface area contributed by atoms with Gasteiger partial charge < -0.3 is 30.0 Å². The second-order valence-electron chi connectivity index (χ2n) is 7.55. The number of nitrogens with one attached hydrogen (secondary N) is 1. The number of pyridine rings is 1. The predicted molar refractivity (Wildman–Crippen MR) is 128 cm³/mol. The van der Waals surface area contributed by atoms with Crippen molar-refractivity contribution < 1.29 is 32.9 Å². The lowest BCUT2D eigenvalue weighted by Crippen LogP contribution is -2.36. The van der Waals surface area contributed by atoms with Crippen molar-refractivity contribution in [3.8, 4) is 5.75 Å². The number of halogens is 1. The summed E-state index contributed by atoms with van der Waals surface area (Å²) in [6.45, 7) is 3.28. The molecule has 2 heterocycles. The van der Waals surface area contributed by atoms with Crippen LogP contribution in [0.15, 0.2) is 35.4 Å². The molecule has 0 saturated carbocycles. The molecule has 1 aliphatic heterocycles. The number of hydrogen-bond acceptors (Lipinski definition) is 10. The molecule has 0 bridgehead atoms. The number of rotatable bonds is 7. The molecule has 13 heteroatoms. The summed E-state index contributed by atoms with van der Waals surface area (Å²) < 4.78 is 32.8. The molecule has 196 valence electrons. The van der Waals surface area contributed by atoms with Crippen molar-refractivity contribution in [3.63, 3.8) is 0 Å². The number of amides is 1. The second kappa shape index (κ2) is 13.9. The Kier molecular flexibility index (Phi) is 11.0. The number of ether oxygens (including phenoxy) is 4. The Bertz CT molecular complexity index is 1080. The summed E-state index contributed by atoms with van der Waals surface area (Å²) in [6, 6.07) is 7.59. The van der Waals surface area contributed by atoms with Crippen molar-refractivity contribution in [1.82, 2.24) is 15.4 Å². The van der Waals surface area contributed by atoms with Crippen molar-refractivity contribution >= 4 is 17.7 Å². The van der Waals surface area contributed by atoms with Gasteiger partial charge in [-0.1, -0.05) is 6.07 Å². The second-order valence-corrected chi connectivity index (χ2v) is 7.55. The molecule has 0 aliphatic carbocycles. The van der Waals surface area contributed by atoms with Crippen LogP contribution in [-0.2, 0) is 25.5 Å². The number of carbonyl (C=O) groups excluding carboxylic acids is 2. The van der Waals surface area contributed by atoms with E-state index in [1.807, 2.05) is 0 Å². The van der Waals surface area contributed by atoms with E-state index in [-0.39, 0.29) is 29.8 Å². The number of hydrazone groups is 1. The van der Waals surface area contributed by atoms with Crippen LogP contribution in [0.3, 0.4) is 0 Å². The Labute approximate surface area is 208 Å². The fourth-order valence-corrected chi connectivity index (χ4v) is 3.00. The van der Waals surface area contributed by atoms with Crippen LogP contribution in [0.2, 0.25) is 0 Å². The number of carbonyl (C=O) groups is 2. The van der Waals surface area contributed by atoms with Crippen LogP contribution in [-0.4, -0.2) is 75.0 Å². The molecule has 1 amide bonds. The van der Waals surface area contributed by atoms with Crippen molar-refractivity contribution in [2.75, 3.05) is 41.1 Å². The molecule has 2 aromatic rings. The smallest absolute Gasteiger partial charge is 0.337 e. The number of hydrazine groups is 1. The van der Waals surface area contributed by atoms with Crippen LogP contribution in [0.5, 0.6) is 5.75 Å². The van der Waals surface area contributed by atoms with Crippen LogP contribution in [0, 0.1) is 12.7 Å². The summed E-state index contributed by atoms with van der Waals surface area (Å²) in [4.78, 5) is 27.3. The van der Waals surface area contributed by atoms with E-state index in [0.717, 1.165) is 5.12 Å². The van der Waals surface area contributed by atoms with Gasteiger partial charge in [-0.15, -0.1) is 5.10 Å². The maximum atomic E-state index is 13.4. The fraction of sp³-hybridized carbons (Fsp3) is 0.391. The Morgan fingerprint density at radius 2 is 2.03 bits per heavy atom. The lowest BCUT2D eigenvalue weighted by Gasteiger charge is -2.20. The van der Waals surface area contributed by atoms with Crippen molar-refractivity contribution in [1.29, 1.82) is 0 Å². The van der Waals surface area contributed by atoms with Crippen LogP contribution >= 0.6 is 0 Å². The van der Waals surface area contributed by atoms with Gasteiger partial charge >= 0.3 is 5.97 Å². The first-order valence-electron chi connectivity index (χ1n) is 10.8. The van der Waals surface area contributed by atoms with E-state index >= 15 is 0 Å². The largest absolute Gasteiger partial charge is 0.494 e. The van der Waals surface area contributed by atoms with Crippen molar-refractivity contribution in [3.05, 3.63) is 58.7 Å². The van der Waals surface area contributed by atoms with Gasteiger partial charge in [0.05, 0.1) is 34.0 Å². The van der Waals surface area contributed by atoms with E-state index in [9.17, 15) is 14.0 Å². The zero-order valence-electron chi connectivity index (χ0n) is 20.6. The summed E-state index contributed by atoms with van der Waals surface area (Å²) in [5.74, 6) is 4.50. The quantitative estimate of drug-likeness (QED) is 0.158. The van der Waals surface area contributed by atoms with E-state index in [1.165, 1.54) is 39.5 Å². The Morgan fingerprint density at radius 3 is 2.64 bits per heavy atom. The molecule has 1 unspecified atom stereocenters. The first-order valence-corrected chi connectivity index (χ1v) is 10.8. The molecule has 36 heavy (non-hydrogen) atoms. The van der Waals surface area contributed by atoms with Crippen molar-refractivity contribution in [2.45, 2.75) is 19.6 Å². The normalized spacial score (nSPS) is 15.3. The standard InChI is InChI=1S/C17H21FN6O2.C6H10O4/c1-10-6-12(16(19)23-24(2)20)8-14(22-10)17(25)21-9-11-4-5-13(18)15(7-11)26-3;1-8-6(7)5-4-9-2-3-10-5/h4-8H,9,20H2,1-3H3,(H2,19,23)(H,21,25);5H,2-4H2,1H3. The van der Waals surface area contributed by atoms with E-state index in [4.69, 9.17) is 25.8 Å². The highest BCUT2D eigenvalue weighted by molar-refractivity contribution is 6.00. The van der Waals surface area contributed by atoms with Gasteiger partial charge in [-0.05, 0) is 36.8 Å². The topological polar surface area (TPSA) is 164 Å². The molecule has 0 spiro atoms. The third-order valence-corrected chi connectivity index (χ3v) is 4.70. The van der Waals surface area contributed by atoms with E-state index in [1.54, 1.807) is 19.1 Å². The number of methoxy groups -OCH3 is 2. The summed E-state index contributed by atoms with van der Waals surface area (Å²) >= 11 is 0. The van der Waals surface area contributed by atoms with Crippen molar-refractivity contribution in [2.24, 2.45) is 16.7 Å². The highest BCUT2D eigenvalue weighted by Gasteiger charge is 2.22. The molecule has 1 fully saturated rings. The van der Waals surface area contributed by atoms with Crippen LogP contribution in [0.25, 0.3) is 0 Å². The van der Waals surface area contributed by atoms with E-state index < -0.39 is 17.8 Å². The lowest BCUT2D eigenvalue weighted by atomic mass is 10.1. The Hall–Kier alpha value is -3.81. The summed E-state index contributed by atoms with van der Waals surface area (Å²) in [5, 5.41) is 7.71. The average Bonchev–Trinajstić information content (AvgIpc) is 2.87. The third-order valence-electron chi connectivity index (χ3n) is 4.70. The van der Waals surface area contributed by atoms with Gasteiger partial charge in [0.1, 0.15) is 5.69 Å². The van der Waals surface area contributed by atoms with Gasteiger partial charge in [0.15, 0.2) is 23.5 Å². The zero-order chi connectivity index (χ0) is 26.7. The van der Waals surface area contributed by atoms with Gasteiger partial charge in [0.2, 0.25) is 0 Å². The molecule has 1 aromatic heterocycles. The number of aromatic nitrogens is 1. The first-order chi connectivity index (χ1) is 17.1. The number of amidine groups is 1. The van der Waals surface area contributed by atoms with Gasteiger partial charge in [-0.25, -0.2) is 25.1 Å². The fourth-order valence-electron chi connectivity index (χ4n) is 3.00. The average molecular weight is 507 g/mol. The summed E-state index contributed by atoms with van der Waals surface area (Å²) in [5.41, 5.74) is 7.88. The number of esters is 1. The highest BCUT2D eigenvalue weighted by Crippen LogP contribution is 2.18. The molecule has 1 saturated heterocycles. The highest BCUT2D eigenvalue weighted by atomic mass is 19.1. The monoisotopic (exact) mass is 506 g/mol. The maximum absolute atomic E-state index is 13.4. The zero-order valence-corrected chi connectivity index (χ0v) is 20.6. The molecular formula is C23H31FN6O6. The molecule has 12 nitrogen and oxygen atoms in total. The first kappa shape index (κ1) is 28.4. The van der Waals surface area contributed by atoms with Crippen LogP contribution in [0.4, 0.5) is 4.39 Å². The third kappa shape index (κ3) is 8.76. The minimum atomic E-state index is -0.515. The number of nitrogens with two attached hydrogens (primary N) is 2. The molecule has 3 rings (SSSR count). The van der Waals surface area contributed by atoms with E-state index in [0.29, 0.717) is 36.6 Å². The molecule has 1 atom stereocenters. The lowest BCUT2D eigenvalue weighted by molar-refractivity contribution is -0.167. The molecular weight excluding hydrogens is 475 g/mol. The van der Waals surface area contributed by atoms with Gasteiger partial charge in [0, 0.05) is 24.8 Å². The number of nitrogens with zero attached hydrogens (tertiary/aromatic N) is 3. The maximum Gasteiger partial charge on any atom is 0.337 e. The SMILES string of the molecule is COC(=O)C1COCCO1.COc1cc(CNC(=O)c2cc(/C(N)=N/N(C)N)cc(C)n2)ccc1F. The molecule has 1 aliphatic rings. The summed E-state index contributed by atoms with van der Waals surface area (Å²) in [7, 11) is 4.25. The van der Waals surface area contributed by atoms with Gasteiger partial charge in [-0.3, -0.25) is 4.79 Å². The van der Waals surface area contributed by atoms with Gasteiger partial charge in [-0.2, -0.15) is 0 Å². The molecule has 0 radical (unpaired) electrons. The molecule has 1 aromatic carbocycles. The van der Waals surface area contributed by atoms with Crippen LogP contribution < -0.4 is 21.6 Å². The minimum absolute atomic E-state index is 0.114. The number of hydrogen-bond donors (Lipinski definition) is 3.